The van der Waals surface area contributed by atoms with Crippen molar-refractivity contribution in [3.05, 3.63) is 58.1 Å². The van der Waals surface area contributed by atoms with Gasteiger partial charge in [0.25, 0.3) is 0 Å². The Labute approximate surface area is 165 Å². The number of para-hydroxylation sites is 1. The number of hydrogen-bond donors (Lipinski definition) is 1. The third-order valence-corrected chi connectivity index (χ3v) is 5.13. The van der Waals surface area contributed by atoms with Crippen LogP contribution in [0.15, 0.2) is 47.6 Å². The molecule has 2 aromatic carbocycles. The van der Waals surface area contributed by atoms with Crippen molar-refractivity contribution in [3.63, 3.8) is 0 Å². The molecule has 0 aliphatic rings. The van der Waals surface area contributed by atoms with Crippen LogP contribution < -0.4 is 4.74 Å². The number of aliphatic hydroxyl groups is 1. The summed E-state index contributed by atoms with van der Waals surface area (Å²) in [6.07, 6.45) is -0.725. The fourth-order valence-corrected chi connectivity index (χ4v) is 3.34. The lowest BCUT2D eigenvalue weighted by Crippen LogP contribution is -2.20. The van der Waals surface area contributed by atoms with Crippen molar-refractivity contribution >= 4 is 35.0 Å². The summed E-state index contributed by atoms with van der Waals surface area (Å²) in [7, 11) is 0. The zero-order valence-electron chi connectivity index (χ0n) is 13.8. The minimum atomic E-state index is -0.725. The Morgan fingerprint density at radius 2 is 2.04 bits per heavy atom. The molecule has 1 aromatic heterocycles. The minimum Gasteiger partial charge on any atom is -0.489 e. The van der Waals surface area contributed by atoms with Gasteiger partial charge in [0.05, 0.1) is 16.8 Å². The number of aliphatic hydroxyl groups excluding tert-OH is 1. The number of benzene rings is 2. The maximum atomic E-state index is 10.2. The highest BCUT2D eigenvalue weighted by Gasteiger charge is 2.14. The second-order valence-corrected chi connectivity index (χ2v) is 7.34. The summed E-state index contributed by atoms with van der Waals surface area (Å²) in [4.78, 5) is 0. The van der Waals surface area contributed by atoms with Crippen LogP contribution in [0.4, 0.5) is 0 Å². The molecule has 3 rings (SSSR count). The highest BCUT2D eigenvalue weighted by Crippen LogP contribution is 2.28. The predicted molar refractivity (Wildman–Crippen MR) is 103 cm³/mol. The highest BCUT2D eigenvalue weighted by molar-refractivity contribution is 7.99. The van der Waals surface area contributed by atoms with Gasteiger partial charge in [-0.2, -0.15) is 4.68 Å². The molecule has 3 aromatic rings. The summed E-state index contributed by atoms with van der Waals surface area (Å²) in [6.45, 7) is 2.07. The highest BCUT2D eigenvalue weighted by atomic mass is 35.5. The van der Waals surface area contributed by atoms with Gasteiger partial charge in [-0.15, -0.1) is 5.10 Å². The first-order valence-electron chi connectivity index (χ1n) is 7.77. The number of rotatable bonds is 7. The van der Waals surface area contributed by atoms with E-state index in [1.54, 1.807) is 22.9 Å². The van der Waals surface area contributed by atoms with Gasteiger partial charge in [0.15, 0.2) is 0 Å². The van der Waals surface area contributed by atoms with Gasteiger partial charge < -0.3 is 9.84 Å². The van der Waals surface area contributed by atoms with Crippen LogP contribution in [0.2, 0.25) is 10.0 Å². The number of thioether (sulfide) groups is 1. The molecule has 0 aliphatic carbocycles. The average molecular weight is 411 g/mol. The molecule has 26 heavy (non-hydrogen) atoms. The lowest BCUT2D eigenvalue weighted by Gasteiger charge is -2.13. The number of aryl methyl sites for hydroxylation is 1. The van der Waals surface area contributed by atoms with Crippen molar-refractivity contribution in [2.45, 2.75) is 18.2 Å². The maximum Gasteiger partial charge on any atom is 0.214 e. The van der Waals surface area contributed by atoms with Crippen molar-refractivity contribution in [1.82, 2.24) is 20.2 Å². The summed E-state index contributed by atoms with van der Waals surface area (Å²) in [5.74, 6) is 0.803. The Hall–Kier alpha value is -1.80. The lowest BCUT2D eigenvalue weighted by molar-refractivity contribution is 0.126. The molecule has 0 saturated heterocycles. The summed E-state index contributed by atoms with van der Waals surface area (Å²) < 4.78 is 7.20. The van der Waals surface area contributed by atoms with Crippen LogP contribution in [0.25, 0.3) is 5.69 Å². The smallest absolute Gasteiger partial charge is 0.214 e. The summed E-state index contributed by atoms with van der Waals surface area (Å²) in [5, 5.41) is 23.5. The van der Waals surface area contributed by atoms with Crippen molar-refractivity contribution in [3.8, 4) is 11.4 Å². The number of halogens is 2. The number of aromatic nitrogens is 4. The Kier molecular flexibility index (Phi) is 6.37. The summed E-state index contributed by atoms with van der Waals surface area (Å²) in [5.41, 5.74) is 1.96. The van der Waals surface area contributed by atoms with E-state index in [0.717, 1.165) is 11.3 Å². The minimum absolute atomic E-state index is 0.0823. The average Bonchev–Trinajstić information content (AvgIpc) is 3.09. The molecular weight excluding hydrogens is 395 g/mol. The molecule has 9 heteroatoms. The molecule has 0 bridgehead atoms. The van der Waals surface area contributed by atoms with Gasteiger partial charge in [-0.05, 0) is 41.1 Å². The van der Waals surface area contributed by atoms with E-state index >= 15 is 0 Å². The van der Waals surface area contributed by atoms with E-state index in [1.165, 1.54) is 11.8 Å². The first-order valence-corrected chi connectivity index (χ1v) is 9.52. The molecule has 0 amide bonds. The van der Waals surface area contributed by atoms with Gasteiger partial charge in [0.1, 0.15) is 12.4 Å². The van der Waals surface area contributed by atoms with Crippen LogP contribution >= 0.6 is 35.0 Å². The van der Waals surface area contributed by atoms with Crippen LogP contribution in [0.5, 0.6) is 5.75 Å². The SMILES string of the molecule is Cc1ccccc1-n1nnnc1SC[C@H](O)COc1cc(Cl)ccc1Cl. The molecule has 0 unspecified atom stereocenters. The van der Waals surface area contributed by atoms with E-state index in [4.69, 9.17) is 27.9 Å². The van der Waals surface area contributed by atoms with Gasteiger partial charge >= 0.3 is 0 Å². The molecule has 0 spiro atoms. The van der Waals surface area contributed by atoms with E-state index in [9.17, 15) is 5.11 Å². The first-order chi connectivity index (χ1) is 12.5. The van der Waals surface area contributed by atoms with Crippen LogP contribution in [0.3, 0.4) is 0 Å². The Balaban J connectivity index is 1.59. The second kappa shape index (κ2) is 8.73. The quantitative estimate of drug-likeness (QED) is 0.596. The van der Waals surface area contributed by atoms with Crippen LogP contribution in [-0.2, 0) is 0 Å². The largest absolute Gasteiger partial charge is 0.489 e. The summed E-state index contributed by atoms with van der Waals surface area (Å²) in [6, 6.07) is 12.8. The monoisotopic (exact) mass is 410 g/mol. The van der Waals surface area contributed by atoms with Crippen molar-refractivity contribution in [1.29, 1.82) is 0 Å². The standard InChI is InChI=1S/C17H16Cl2N4O2S/c1-11-4-2-3-5-15(11)23-17(20-21-22-23)26-10-13(24)9-25-16-8-12(18)6-7-14(16)19/h2-8,13,24H,9-10H2,1H3/t13-/m1/s1. The van der Waals surface area contributed by atoms with E-state index in [0.29, 0.717) is 26.7 Å². The van der Waals surface area contributed by atoms with Crippen LogP contribution in [0, 0.1) is 6.92 Å². The summed E-state index contributed by atoms with van der Waals surface area (Å²) >= 11 is 13.3. The van der Waals surface area contributed by atoms with Crippen molar-refractivity contribution < 1.29 is 9.84 Å². The van der Waals surface area contributed by atoms with E-state index in [1.807, 2.05) is 31.2 Å². The zero-order chi connectivity index (χ0) is 18.5. The Morgan fingerprint density at radius 1 is 1.23 bits per heavy atom. The van der Waals surface area contributed by atoms with E-state index in [2.05, 4.69) is 15.5 Å². The second-order valence-electron chi connectivity index (χ2n) is 5.51. The number of hydrogen-bond acceptors (Lipinski definition) is 6. The van der Waals surface area contributed by atoms with Crippen LogP contribution in [-0.4, -0.2) is 43.8 Å². The molecule has 0 saturated carbocycles. The zero-order valence-corrected chi connectivity index (χ0v) is 16.2. The molecule has 1 N–H and O–H groups in total. The van der Waals surface area contributed by atoms with Crippen molar-refractivity contribution in [2.24, 2.45) is 0 Å². The molecular formula is C17H16Cl2N4O2S. The third kappa shape index (κ3) is 4.67. The molecule has 1 atom stereocenters. The third-order valence-electron chi connectivity index (χ3n) is 3.51. The lowest BCUT2D eigenvalue weighted by atomic mass is 10.2. The van der Waals surface area contributed by atoms with Gasteiger partial charge in [-0.25, -0.2) is 0 Å². The van der Waals surface area contributed by atoms with E-state index < -0.39 is 6.10 Å². The molecule has 0 aliphatic heterocycles. The molecule has 1 heterocycles. The first kappa shape index (κ1) is 19.0. The Bertz CT molecular complexity index is 891. The fourth-order valence-electron chi connectivity index (χ4n) is 2.21. The van der Waals surface area contributed by atoms with Crippen molar-refractivity contribution in [2.75, 3.05) is 12.4 Å². The fraction of sp³-hybridized carbons (Fsp3) is 0.235. The maximum absolute atomic E-state index is 10.2. The number of ether oxygens (including phenoxy) is 1. The van der Waals surface area contributed by atoms with Crippen LogP contribution in [0.1, 0.15) is 5.56 Å². The van der Waals surface area contributed by atoms with E-state index in [-0.39, 0.29) is 6.61 Å². The molecule has 136 valence electrons. The van der Waals surface area contributed by atoms with Gasteiger partial charge in [-0.3, -0.25) is 0 Å². The molecule has 0 radical (unpaired) electrons. The predicted octanol–water partition coefficient (Wildman–Crippen LogP) is 3.81. The normalized spacial score (nSPS) is 12.2. The van der Waals surface area contributed by atoms with Gasteiger partial charge in [0, 0.05) is 16.8 Å². The topological polar surface area (TPSA) is 73.1 Å². The number of nitrogens with zero attached hydrogens (tertiary/aromatic N) is 4. The molecule has 0 fully saturated rings. The molecule has 6 nitrogen and oxygen atoms in total. The Morgan fingerprint density at radius 3 is 2.85 bits per heavy atom. The van der Waals surface area contributed by atoms with Gasteiger partial charge in [-0.1, -0.05) is 53.2 Å². The van der Waals surface area contributed by atoms with Gasteiger partial charge in [0.2, 0.25) is 5.16 Å². The number of tetrazole rings is 1.